The minimum Gasteiger partial charge on any atom is -0.368 e. The molecule has 0 aromatic heterocycles. The fourth-order valence-corrected chi connectivity index (χ4v) is 3.73. The number of carbonyl (C=O) groups is 1. The average Bonchev–Trinajstić information content (AvgIpc) is 2.25. The van der Waals surface area contributed by atoms with Crippen LogP contribution in [0.5, 0.6) is 0 Å². The smallest absolute Gasteiger partial charge is 0.242 e. The van der Waals surface area contributed by atoms with E-state index in [9.17, 15) is 13.2 Å². The second-order valence-electron chi connectivity index (χ2n) is 5.18. The van der Waals surface area contributed by atoms with Crippen molar-refractivity contribution in [3.63, 3.8) is 0 Å². The fraction of sp³-hybridized carbons (Fsp3) is 0.417. The lowest BCUT2D eigenvalue weighted by molar-refractivity contribution is -0.122. The van der Waals surface area contributed by atoms with Crippen LogP contribution in [0.15, 0.2) is 17.0 Å². The second-order valence-corrected chi connectivity index (χ2v) is 6.80. The third-order valence-corrected chi connectivity index (χ3v) is 4.86. The molecule has 20 heavy (non-hydrogen) atoms. The fourth-order valence-electron chi connectivity index (χ4n) is 1.89. The molecule has 1 aromatic carbocycles. The largest absolute Gasteiger partial charge is 0.368 e. The molecule has 0 aliphatic heterocycles. The Kier molecular flexibility index (Phi) is 4.42. The van der Waals surface area contributed by atoms with Crippen molar-refractivity contribution in [2.75, 3.05) is 5.43 Å². The van der Waals surface area contributed by atoms with E-state index in [-0.39, 0.29) is 4.90 Å². The van der Waals surface area contributed by atoms with Crippen molar-refractivity contribution < 1.29 is 13.2 Å². The Hall–Kier alpha value is -1.64. The zero-order valence-corrected chi connectivity index (χ0v) is 12.8. The predicted molar refractivity (Wildman–Crippen MR) is 77.3 cm³/mol. The molecular weight excluding hydrogens is 280 g/mol. The monoisotopic (exact) mass is 300 g/mol. The van der Waals surface area contributed by atoms with Crippen LogP contribution in [0.25, 0.3) is 0 Å². The van der Waals surface area contributed by atoms with Crippen molar-refractivity contribution in [2.45, 2.75) is 38.1 Å². The molecule has 0 heterocycles. The van der Waals surface area contributed by atoms with E-state index in [0.717, 1.165) is 0 Å². The van der Waals surface area contributed by atoms with E-state index in [2.05, 4.69) is 10.1 Å². The second kappa shape index (κ2) is 5.39. The van der Waals surface area contributed by atoms with E-state index < -0.39 is 21.5 Å². The van der Waals surface area contributed by atoms with Crippen LogP contribution in [-0.2, 0) is 14.8 Å². The Morgan fingerprint density at radius 3 is 2.00 bits per heavy atom. The number of benzene rings is 1. The molecule has 0 fully saturated rings. The van der Waals surface area contributed by atoms with Gasteiger partial charge in [0, 0.05) is 5.69 Å². The summed E-state index contributed by atoms with van der Waals surface area (Å²) in [6.45, 7) is 6.13. The summed E-state index contributed by atoms with van der Waals surface area (Å²) in [5.41, 5.74) is 7.92. The Bertz CT molecular complexity index is 615. The van der Waals surface area contributed by atoms with Gasteiger partial charge in [-0.3, -0.25) is 10.6 Å². The van der Waals surface area contributed by atoms with Gasteiger partial charge in [0.25, 0.3) is 0 Å². The Balaban J connectivity index is 3.34. The van der Waals surface area contributed by atoms with Crippen molar-refractivity contribution in [1.82, 2.24) is 4.72 Å². The highest BCUT2D eigenvalue weighted by Gasteiger charge is 2.32. The molecule has 0 saturated heterocycles. The summed E-state index contributed by atoms with van der Waals surface area (Å²) in [4.78, 5) is 11.4. The normalized spacial score (nSPS) is 12.2. The number of nitrogens with two attached hydrogens (primary N) is 2. The summed E-state index contributed by atoms with van der Waals surface area (Å²) in [6.07, 6.45) is 0. The molecule has 0 aliphatic carbocycles. The van der Waals surface area contributed by atoms with Crippen LogP contribution in [0.4, 0.5) is 5.69 Å². The van der Waals surface area contributed by atoms with Gasteiger partial charge in [-0.2, -0.15) is 4.72 Å². The van der Waals surface area contributed by atoms with Crippen LogP contribution < -0.4 is 21.7 Å². The quantitative estimate of drug-likeness (QED) is 0.454. The minimum absolute atomic E-state index is 0.117. The van der Waals surface area contributed by atoms with Crippen LogP contribution in [0.3, 0.4) is 0 Å². The number of nitrogens with one attached hydrogen (secondary N) is 2. The van der Waals surface area contributed by atoms with Crippen molar-refractivity contribution in [2.24, 2.45) is 11.6 Å². The number of sulfonamides is 1. The van der Waals surface area contributed by atoms with Gasteiger partial charge in [-0.15, -0.1) is 0 Å². The highest BCUT2D eigenvalue weighted by atomic mass is 32.2. The summed E-state index contributed by atoms with van der Waals surface area (Å²) in [5, 5.41) is 0. The first-order valence-electron chi connectivity index (χ1n) is 5.93. The molecule has 0 radical (unpaired) electrons. The summed E-state index contributed by atoms with van der Waals surface area (Å²) in [6, 6.07) is 3.22. The van der Waals surface area contributed by atoms with Gasteiger partial charge in [0.1, 0.15) is 5.54 Å². The number of hydrogen-bond acceptors (Lipinski definition) is 5. The molecule has 7 nitrogen and oxygen atoms in total. The molecule has 0 atom stereocenters. The van der Waals surface area contributed by atoms with E-state index in [4.69, 9.17) is 11.6 Å². The third kappa shape index (κ3) is 3.27. The minimum atomic E-state index is -3.87. The van der Waals surface area contributed by atoms with Crippen molar-refractivity contribution in [3.8, 4) is 0 Å². The lowest BCUT2D eigenvalue weighted by Gasteiger charge is -2.23. The highest BCUT2D eigenvalue weighted by Crippen LogP contribution is 2.25. The summed E-state index contributed by atoms with van der Waals surface area (Å²) in [5.74, 6) is 4.56. The maximum absolute atomic E-state index is 12.4. The first-order chi connectivity index (χ1) is 9.01. The Morgan fingerprint density at radius 1 is 1.20 bits per heavy atom. The highest BCUT2D eigenvalue weighted by molar-refractivity contribution is 7.89. The number of rotatable bonds is 5. The van der Waals surface area contributed by atoms with Crippen molar-refractivity contribution in [3.05, 3.63) is 23.3 Å². The zero-order chi connectivity index (χ0) is 15.7. The van der Waals surface area contributed by atoms with Crippen LogP contribution in [-0.4, -0.2) is 19.9 Å². The molecule has 0 spiro atoms. The number of hydrogen-bond donors (Lipinski definition) is 4. The first-order valence-corrected chi connectivity index (χ1v) is 7.41. The molecule has 0 aliphatic rings. The van der Waals surface area contributed by atoms with Gasteiger partial charge in [-0.1, -0.05) is 0 Å². The van der Waals surface area contributed by atoms with Crippen LogP contribution >= 0.6 is 0 Å². The van der Waals surface area contributed by atoms with Gasteiger partial charge in [0.15, 0.2) is 0 Å². The predicted octanol–water partition coefficient (Wildman–Crippen LogP) is 0.131. The van der Waals surface area contributed by atoms with Gasteiger partial charge in [-0.05, 0) is 51.0 Å². The van der Waals surface area contributed by atoms with Gasteiger partial charge >= 0.3 is 0 Å². The van der Waals surface area contributed by atoms with Crippen LogP contribution in [0.1, 0.15) is 25.0 Å². The molecular formula is C12H20N4O3S. The standard InChI is InChI=1S/C12H20N4O3S/c1-7-5-9(15-14)6-8(2)10(7)20(18,19)16-12(3,4)11(13)17/h5-6,15-16H,14H2,1-4H3,(H2,13,17). The molecule has 1 rings (SSSR count). The van der Waals surface area contributed by atoms with Crippen molar-refractivity contribution >= 4 is 21.6 Å². The summed E-state index contributed by atoms with van der Waals surface area (Å²) in [7, 11) is -3.87. The topological polar surface area (TPSA) is 127 Å². The van der Waals surface area contributed by atoms with E-state index in [1.807, 2.05) is 0 Å². The van der Waals surface area contributed by atoms with E-state index >= 15 is 0 Å². The SMILES string of the molecule is Cc1cc(NN)cc(C)c1S(=O)(=O)NC(C)(C)C(N)=O. The number of carbonyl (C=O) groups excluding carboxylic acids is 1. The van der Waals surface area contributed by atoms with E-state index in [1.165, 1.54) is 13.8 Å². The lowest BCUT2D eigenvalue weighted by Crippen LogP contribution is -2.53. The van der Waals surface area contributed by atoms with Crippen LogP contribution in [0, 0.1) is 13.8 Å². The number of aryl methyl sites for hydroxylation is 2. The lowest BCUT2D eigenvalue weighted by atomic mass is 10.1. The third-order valence-electron chi connectivity index (χ3n) is 2.90. The number of amides is 1. The van der Waals surface area contributed by atoms with Gasteiger partial charge in [0.05, 0.1) is 4.90 Å². The zero-order valence-electron chi connectivity index (χ0n) is 11.9. The van der Waals surface area contributed by atoms with Crippen LogP contribution in [0.2, 0.25) is 0 Å². The molecule has 112 valence electrons. The Labute approximate surface area is 118 Å². The number of hydrazine groups is 1. The summed E-state index contributed by atoms with van der Waals surface area (Å²) < 4.78 is 27.2. The molecule has 0 unspecified atom stereocenters. The van der Waals surface area contributed by atoms with E-state index in [1.54, 1.807) is 26.0 Å². The maximum Gasteiger partial charge on any atom is 0.242 e. The average molecular weight is 300 g/mol. The number of primary amides is 1. The summed E-state index contributed by atoms with van der Waals surface area (Å²) >= 11 is 0. The van der Waals surface area contributed by atoms with E-state index in [0.29, 0.717) is 16.8 Å². The molecule has 8 heteroatoms. The molecule has 0 bridgehead atoms. The molecule has 1 aromatic rings. The molecule has 6 N–H and O–H groups in total. The van der Waals surface area contributed by atoms with Gasteiger partial charge < -0.3 is 11.2 Å². The Morgan fingerprint density at radius 2 is 1.65 bits per heavy atom. The van der Waals surface area contributed by atoms with Crippen molar-refractivity contribution in [1.29, 1.82) is 0 Å². The first kappa shape index (κ1) is 16.4. The molecule has 0 saturated carbocycles. The molecule has 1 amide bonds. The van der Waals surface area contributed by atoms with Gasteiger partial charge in [-0.25, -0.2) is 8.42 Å². The number of nitrogen functional groups attached to an aromatic ring is 1. The van der Waals surface area contributed by atoms with Gasteiger partial charge in [0.2, 0.25) is 15.9 Å². The number of anilines is 1. The maximum atomic E-state index is 12.4.